The first-order valence-corrected chi connectivity index (χ1v) is 9.70. The summed E-state index contributed by atoms with van der Waals surface area (Å²) in [5.41, 5.74) is 0.252. The van der Waals surface area contributed by atoms with Crippen molar-refractivity contribution in [2.24, 2.45) is 5.41 Å². The summed E-state index contributed by atoms with van der Waals surface area (Å²) in [6.45, 7) is 1.53. The van der Waals surface area contributed by atoms with Crippen LogP contribution in [0.5, 0.6) is 0 Å². The third-order valence-electron chi connectivity index (χ3n) is 5.63. The Morgan fingerprint density at radius 2 is 2.16 bits per heavy atom. The van der Waals surface area contributed by atoms with Crippen LogP contribution in [0, 0.1) is 5.41 Å². The highest BCUT2D eigenvalue weighted by atomic mass is 32.1. The zero-order chi connectivity index (χ0) is 16.9. The molecule has 5 nitrogen and oxygen atoms in total. The molecule has 1 saturated carbocycles. The normalized spacial score (nSPS) is 29.2. The van der Waals surface area contributed by atoms with Gasteiger partial charge >= 0.3 is 0 Å². The van der Waals surface area contributed by atoms with Crippen LogP contribution < -0.4 is 5.32 Å². The molecule has 1 aliphatic carbocycles. The molecule has 0 amide bonds. The fourth-order valence-corrected chi connectivity index (χ4v) is 5.28. The van der Waals surface area contributed by atoms with Crippen molar-refractivity contribution < 1.29 is 9.84 Å². The van der Waals surface area contributed by atoms with Gasteiger partial charge in [-0.3, -0.25) is 0 Å². The number of nitrogens with one attached hydrogen (secondary N) is 1. The summed E-state index contributed by atoms with van der Waals surface area (Å²) < 4.78 is 7.31. The number of aliphatic hydroxyl groups excluding tert-OH is 1. The molecule has 1 saturated heterocycles. The largest absolute Gasteiger partial charge is 0.393 e. The second-order valence-electron chi connectivity index (χ2n) is 7.42. The number of thiophene rings is 1. The standard InChI is InChI=1S/C19H21N3O2S/c23-12-7-19(8-12)6-5-13(24-10-19)9-20-17-16-14-3-1-2-4-15(14)25-18(16)22-11-21-17/h1-4,11-13,23H,5-10H2,(H,20,21,22). The fraction of sp³-hybridized carbons (Fsp3) is 0.474. The lowest BCUT2D eigenvalue weighted by Gasteiger charge is -2.49. The van der Waals surface area contributed by atoms with E-state index in [0.717, 1.165) is 54.9 Å². The summed E-state index contributed by atoms with van der Waals surface area (Å²) in [7, 11) is 0. The molecule has 0 radical (unpaired) electrons. The number of aromatic nitrogens is 2. The molecule has 1 atom stereocenters. The van der Waals surface area contributed by atoms with Crippen molar-refractivity contribution in [3.05, 3.63) is 30.6 Å². The number of aliphatic hydroxyl groups is 1. The van der Waals surface area contributed by atoms with Gasteiger partial charge in [0.1, 0.15) is 17.0 Å². The van der Waals surface area contributed by atoms with E-state index in [1.54, 1.807) is 17.7 Å². The molecule has 2 N–H and O–H groups in total. The molecule has 1 spiro atoms. The summed E-state index contributed by atoms with van der Waals surface area (Å²) in [6.07, 6.45) is 5.72. The van der Waals surface area contributed by atoms with Crippen LogP contribution >= 0.6 is 11.3 Å². The van der Waals surface area contributed by atoms with Crippen molar-refractivity contribution >= 4 is 37.5 Å². The van der Waals surface area contributed by atoms with E-state index in [1.807, 2.05) is 0 Å². The van der Waals surface area contributed by atoms with Gasteiger partial charge in [0.25, 0.3) is 0 Å². The molecular weight excluding hydrogens is 334 g/mol. The molecule has 25 heavy (non-hydrogen) atoms. The van der Waals surface area contributed by atoms with Crippen LogP contribution in [0.2, 0.25) is 0 Å². The van der Waals surface area contributed by atoms with Gasteiger partial charge < -0.3 is 15.2 Å². The lowest BCUT2D eigenvalue weighted by atomic mass is 9.63. The molecule has 3 aromatic rings. The first-order valence-electron chi connectivity index (χ1n) is 8.88. The first kappa shape index (κ1) is 15.5. The third-order valence-corrected chi connectivity index (χ3v) is 6.71. The fourth-order valence-electron chi connectivity index (χ4n) is 4.24. The number of anilines is 1. The predicted molar refractivity (Wildman–Crippen MR) is 100 cm³/mol. The summed E-state index contributed by atoms with van der Waals surface area (Å²) in [6, 6.07) is 8.37. The molecule has 1 unspecified atom stereocenters. The first-order chi connectivity index (χ1) is 12.2. The Bertz CT molecular complexity index is 909. The van der Waals surface area contributed by atoms with Gasteiger partial charge in [-0.2, -0.15) is 0 Å². The molecule has 6 heteroatoms. The highest BCUT2D eigenvalue weighted by Crippen LogP contribution is 2.48. The van der Waals surface area contributed by atoms with Crippen LogP contribution in [0.3, 0.4) is 0 Å². The average Bonchev–Trinajstić information content (AvgIpc) is 2.99. The maximum absolute atomic E-state index is 9.57. The number of rotatable bonds is 3. The summed E-state index contributed by atoms with van der Waals surface area (Å²) in [4.78, 5) is 9.93. The lowest BCUT2D eigenvalue weighted by molar-refractivity contribution is -0.137. The van der Waals surface area contributed by atoms with Crippen LogP contribution in [0.15, 0.2) is 30.6 Å². The zero-order valence-corrected chi connectivity index (χ0v) is 14.8. The van der Waals surface area contributed by atoms with Gasteiger partial charge in [0.2, 0.25) is 0 Å². The molecule has 1 aliphatic heterocycles. The molecule has 2 fully saturated rings. The second-order valence-corrected chi connectivity index (χ2v) is 8.45. The second kappa shape index (κ2) is 5.90. The quantitative estimate of drug-likeness (QED) is 0.752. The Hall–Kier alpha value is -1.76. The van der Waals surface area contributed by atoms with Crippen LogP contribution in [0.4, 0.5) is 5.82 Å². The maximum atomic E-state index is 9.57. The van der Waals surface area contributed by atoms with E-state index in [2.05, 4.69) is 39.6 Å². The lowest BCUT2D eigenvalue weighted by Crippen LogP contribution is -2.49. The highest BCUT2D eigenvalue weighted by molar-refractivity contribution is 7.25. The van der Waals surface area contributed by atoms with E-state index in [0.29, 0.717) is 0 Å². The van der Waals surface area contributed by atoms with Gasteiger partial charge in [0, 0.05) is 16.6 Å². The van der Waals surface area contributed by atoms with Crippen molar-refractivity contribution in [2.45, 2.75) is 37.9 Å². The van der Waals surface area contributed by atoms with Gasteiger partial charge in [-0.25, -0.2) is 9.97 Å². The highest BCUT2D eigenvalue weighted by Gasteiger charge is 2.46. The van der Waals surface area contributed by atoms with E-state index in [-0.39, 0.29) is 17.6 Å². The third kappa shape index (κ3) is 2.69. The minimum atomic E-state index is -0.112. The SMILES string of the molecule is OC1CC2(CCC(CNc3ncnc4sc5ccccc5c34)OC2)C1. The van der Waals surface area contributed by atoms with E-state index < -0.39 is 0 Å². The summed E-state index contributed by atoms with van der Waals surface area (Å²) >= 11 is 1.70. The Morgan fingerprint density at radius 1 is 1.28 bits per heavy atom. The molecule has 2 aliphatic rings. The van der Waals surface area contributed by atoms with Crippen LogP contribution in [-0.4, -0.2) is 40.4 Å². The van der Waals surface area contributed by atoms with Crippen molar-refractivity contribution in [2.75, 3.05) is 18.5 Å². The number of hydrogen-bond acceptors (Lipinski definition) is 6. The van der Waals surface area contributed by atoms with Crippen LogP contribution in [0.1, 0.15) is 25.7 Å². The smallest absolute Gasteiger partial charge is 0.138 e. The number of fused-ring (bicyclic) bond motifs is 3. The topological polar surface area (TPSA) is 67.3 Å². The van der Waals surface area contributed by atoms with Crippen molar-refractivity contribution in [1.29, 1.82) is 0 Å². The number of benzene rings is 1. The van der Waals surface area contributed by atoms with Crippen molar-refractivity contribution in [3.8, 4) is 0 Å². The molecule has 3 heterocycles. The molecule has 5 rings (SSSR count). The van der Waals surface area contributed by atoms with Gasteiger partial charge in [0.15, 0.2) is 0 Å². The summed E-state index contributed by atoms with van der Waals surface area (Å²) in [5, 5.41) is 15.4. The molecular formula is C19H21N3O2S. The zero-order valence-electron chi connectivity index (χ0n) is 13.9. The van der Waals surface area contributed by atoms with E-state index in [4.69, 9.17) is 4.74 Å². The minimum absolute atomic E-state index is 0.112. The number of hydrogen-bond donors (Lipinski definition) is 2. The Labute approximate surface area is 150 Å². The monoisotopic (exact) mass is 355 g/mol. The Kier molecular flexibility index (Phi) is 3.66. The van der Waals surface area contributed by atoms with Crippen LogP contribution in [0.25, 0.3) is 20.3 Å². The number of ether oxygens (including phenoxy) is 1. The minimum Gasteiger partial charge on any atom is -0.393 e. The molecule has 1 aromatic carbocycles. The van der Waals surface area contributed by atoms with Crippen molar-refractivity contribution in [3.63, 3.8) is 0 Å². The predicted octanol–water partition coefficient (Wildman–Crippen LogP) is 3.58. The number of nitrogens with zero attached hydrogens (tertiary/aromatic N) is 2. The van der Waals surface area contributed by atoms with Crippen LogP contribution in [-0.2, 0) is 4.74 Å². The van der Waals surface area contributed by atoms with Crippen molar-refractivity contribution in [1.82, 2.24) is 9.97 Å². The maximum Gasteiger partial charge on any atom is 0.138 e. The van der Waals surface area contributed by atoms with Gasteiger partial charge in [0.05, 0.1) is 24.2 Å². The van der Waals surface area contributed by atoms with E-state index >= 15 is 0 Å². The molecule has 130 valence electrons. The van der Waals surface area contributed by atoms with E-state index in [1.165, 1.54) is 10.1 Å². The van der Waals surface area contributed by atoms with E-state index in [9.17, 15) is 5.11 Å². The Morgan fingerprint density at radius 3 is 2.96 bits per heavy atom. The Balaban J connectivity index is 1.32. The summed E-state index contributed by atoms with van der Waals surface area (Å²) in [5.74, 6) is 0.894. The molecule has 0 bridgehead atoms. The van der Waals surface area contributed by atoms with Gasteiger partial charge in [-0.15, -0.1) is 11.3 Å². The molecule has 2 aromatic heterocycles. The van der Waals surface area contributed by atoms with Gasteiger partial charge in [-0.1, -0.05) is 18.2 Å². The average molecular weight is 355 g/mol. The van der Waals surface area contributed by atoms with Gasteiger partial charge in [-0.05, 0) is 37.2 Å².